The molecule has 0 aliphatic heterocycles. The molecule has 2 atom stereocenters. The van der Waals surface area contributed by atoms with Gasteiger partial charge < -0.3 is 9.47 Å². The first kappa shape index (κ1) is 22.1. The van der Waals surface area contributed by atoms with Gasteiger partial charge >= 0.3 is 5.97 Å². The summed E-state index contributed by atoms with van der Waals surface area (Å²) in [6, 6.07) is 7.17. The number of carbonyl (C=O) groups is 1. The number of unbranched alkanes of at least 4 members (excludes halogenated alkanes) is 4. The summed E-state index contributed by atoms with van der Waals surface area (Å²) in [5.74, 6) is -6.63. The number of allylic oxidation sites excluding steroid dienone is 2. The van der Waals surface area contributed by atoms with Gasteiger partial charge in [0.1, 0.15) is 5.83 Å². The van der Waals surface area contributed by atoms with E-state index in [4.69, 9.17) is 4.74 Å². The third kappa shape index (κ3) is 4.14. The zero-order valence-electron chi connectivity index (χ0n) is 15.9. The van der Waals surface area contributed by atoms with Crippen LogP contribution < -0.4 is 0 Å². The van der Waals surface area contributed by atoms with E-state index in [1.807, 2.05) is 6.92 Å². The number of hydrogen-bond acceptors (Lipinski definition) is 3. The molecule has 154 valence electrons. The van der Waals surface area contributed by atoms with Gasteiger partial charge in [-0.2, -0.15) is 0 Å². The van der Waals surface area contributed by atoms with Crippen molar-refractivity contribution in [1.29, 1.82) is 0 Å². The summed E-state index contributed by atoms with van der Waals surface area (Å²) < 4.78 is 69.1. The van der Waals surface area contributed by atoms with Crippen LogP contribution in [0.1, 0.15) is 44.6 Å². The second kappa shape index (κ2) is 9.87. The molecule has 0 aromatic heterocycles. The fraction of sp³-hybridized carbons (Fsp3) is 0.476. The molecule has 2 unspecified atom stereocenters. The maximum absolute atomic E-state index is 15.0. The average Bonchev–Trinajstić information content (AvgIpc) is 2.72. The van der Waals surface area contributed by atoms with E-state index in [0.717, 1.165) is 26.4 Å². The highest BCUT2D eigenvalue weighted by molar-refractivity contribution is 5.91. The smallest absolute Gasteiger partial charge is 0.349 e. The van der Waals surface area contributed by atoms with E-state index in [1.165, 1.54) is 24.3 Å². The van der Waals surface area contributed by atoms with Crippen molar-refractivity contribution < 1.29 is 31.8 Å². The Bertz CT molecular complexity index is 745. The van der Waals surface area contributed by atoms with E-state index < -0.39 is 40.8 Å². The third-order valence-corrected chi connectivity index (χ3v) is 4.69. The summed E-state index contributed by atoms with van der Waals surface area (Å²) in [5, 5.41) is 0. The van der Waals surface area contributed by atoms with Crippen molar-refractivity contribution >= 4 is 11.5 Å². The minimum atomic E-state index is -3.12. The van der Waals surface area contributed by atoms with Gasteiger partial charge in [0.25, 0.3) is 5.60 Å². The van der Waals surface area contributed by atoms with E-state index in [0.29, 0.717) is 12.8 Å². The molecule has 2 rings (SSSR count). The van der Waals surface area contributed by atoms with Gasteiger partial charge in [-0.3, -0.25) is 0 Å². The topological polar surface area (TPSA) is 35.5 Å². The Morgan fingerprint density at radius 2 is 1.71 bits per heavy atom. The fourth-order valence-electron chi connectivity index (χ4n) is 3.14. The summed E-state index contributed by atoms with van der Waals surface area (Å²) in [6.07, 6.45) is 1.07. The maximum Gasteiger partial charge on any atom is 0.349 e. The Balaban J connectivity index is 2.37. The van der Waals surface area contributed by atoms with Crippen LogP contribution in [0.4, 0.5) is 17.6 Å². The quantitative estimate of drug-likeness (QED) is 0.300. The van der Waals surface area contributed by atoms with Crippen LogP contribution in [0.5, 0.6) is 0 Å². The largest absolute Gasteiger partial charge is 0.466 e. The zero-order chi connectivity index (χ0) is 20.7. The third-order valence-electron chi connectivity index (χ3n) is 4.69. The van der Waals surface area contributed by atoms with Gasteiger partial charge in [-0.25, -0.2) is 22.4 Å². The van der Waals surface area contributed by atoms with E-state index >= 15 is 4.39 Å². The molecule has 3 nitrogen and oxygen atoms in total. The number of rotatable bonds is 9. The van der Waals surface area contributed by atoms with Crippen molar-refractivity contribution in [2.24, 2.45) is 0 Å². The number of esters is 1. The predicted molar refractivity (Wildman–Crippen MR) is 98.1 cm³/mol. The maximum atomic E-state index is 15.0. The predicted octanol–water partition coefficient (Wildman–Crippen LogP) is 5.77. The van der Waals surface area contributed by atoms with Crippen LogP contribution >= 0.6 is 0 Å². The van der Waals surface area contributed by atoms with Crippen molar-refractivity contribution in [1.82, 2.24) is 0 Å². The molecule has 0 amide bonds. The number of benzene rings is 1. The van der Waals surface area contributed by atoms with Gasteiger partial charge in [0.15, 0.2) is 17.8 Å². The molecule has 28 heavy (non-hydrogen) atoms. The van der Waals surface area contributed by atoms with Crippen LogP contribution in [0.3, 0.4) is 0 Å². The highest BCUT2D eigenvalue weighted by Gasteiger charge is 2.60. The van der Waals surface area contributed by atoms with Crippen molar-refractivity contribution in [2.75, 3.05) is 13.7 Å². The highest BCUT2D eigenvalue weighted by Crippen LogP contribution is 2.47. The van der Waals surface area contributed by atoms with Crippen LogP contribution in [0.15, 0.2) is 47.8 Å². The molecule has 1 aliphatic carbocycles. The summed E-state index contributed by atoms with van der Waals surface area (Å²) >= 11 is 0. The van der Waals surface area contributed by atoms with E-state index in [9.17, 15) is 18.0 Å². The van der Waals surface area contributed by atoms with Gasteiger partial charge in [-0.1, -0.05) is 62.9 Å². The van der Waals surface area contributed by atoms with Gasteiger partial charge in [0, 0.05) is 6.61 Å². The summed E-state index contributed by atoms with van der Waals surface area (Å²) in [5.41, 5.74) is -4.03. The number of hydrogen-bond donors (Lipinski definition) is 0. The molecule has 7 heteroatoms. The Labute approximate surface area is 162 Å². The fourth-order valence-corrected chi connectivity index (χ4v) is 3.14. The molecule has 0 radical (unpaired) electrons. The molecule has 0 fully saturated rings. The molecule has 0 N–H and O–H groups in total. The van der Waals surface area contributed by atoms with Crippen molar-refractivity contribution in [2.45, 2.75) is 50.8 Å². The SMILES string of the molecule is CCCCCCCOC1(C(=O)OC)C(F)=C(F)C(c2ccccc2)=C(F)C1F. The lowest BCUT2D eigenvalue weighted by molar-refractivity contribution is -0.175. The van der Waals surface area contributed by atoms with E-state index in [2.05, 4.69) is 4.74 Å². The van der Waals surface area contributed by atoms with Crippen LogP contribution in [-0.4, -0.2) is 31.5 Å². The summed E-state index contributed by atoms with van der Waals surface area (Å²) in [4.78, 5) is 12.2. The van der Waals surface area contributed by atoms with Crippen molar-refractivity contribution in [3.63, 3.8) is 0 Å². The second-order valence-corrected chi connectivity index (χ2v) is 6.57. The molecule has 0 spiro atoms. The van der Waals surface area contributed by atoms with Crippen LogP contribution in [0.25, 0.3) is 5.57 Å². The summed E-state index contributed by atoms with van der Waals surface area (Å²) in [7, 11) is 0.876. The second-order valence-electron chi connectivity index (χ2n) is 6.57. The number of methoxy groups -OCH3 is 1. The van der Waals surface area contributed by atoms with Crippen molar-refractivity contribution in [3.8, 4) is 0 Å². The van der Waals surface area contributed by atoms with Gasteiger partial charge in [-0.05, 0) is 12.0 Å². The van der Waals surface area contributed by atoms with E-state index in [-0.39, 0.29) is 12.2 Å². The lowest BCUT2D eigenvalue weighted by Gasteiger charge is -2.35. The molecule has 1 aromatic rings. The first-order chi connectivity index (χ1) is 13.4. The minimum absolute atomic E-state index is 0.0478. The van der Waals surface area contributed by atoms with Gasteiger partial charge in [-0.15, -0.1) is 0 Å². The molecular weight excluding hydrogens is 376 g/mol. The van der Waals surface area contributed by atoms with Crippen molar-refractivity contribution in [3.05, 3.63) is 53.4 Å². The molecular formula is C21H24F4O3. The molecule has 0 saturated heterocycles. The van der Waals surface area contributed by atoms with Crippen LogP contribution in [0.2, 0.25) is 0 Å². The minimum Gasteiger partial charge on any atom is -0.466 e. The molecule has 0 heterocycles. The monoisotopic (exact) mass is 400 g/mol. The Morgan fingerprint density at radius 3 is 2.32 bits per heavy atom. The number of alkyl halides is 1. The van der Waals surface area contributed by atoms with Crippen LogP contribution in [0, 0.1) is 0 Å². The number of carbonyl (C=O) groups excluding carboxylic acids is 1. The lowest BCUT2D eigenvalue weighted by atomic mass is 9.84. The molecule has 0 bridgehead atoms. The van der Waals surface area contributed by atoms with Crippen LogP contribution in [-0.2, 0) is 14.3 Å². The normalized spacial score (nSPS) is 22.6. The number of ether oxygens (including phenoxy) is 2. The lowest BCUT2D eigenvalue weighted by Crippen LogP contribution is -2.54. The van der Waals surface area contributed by atoms with E-state index in [1.54, 1.807) is 6.07 Å². The first-order valence-electron chi connectivity index (χ1n) is 9.29. The Kier molecular flexibility index (Phi) is 7.80. The molecule has 0 saturated carbocycles. The summed E-state index contributed by atoms with van der Waals surface area (Å²) in [6.45, 7) is 1.79. The highest BCUT2D eigenvalue weighted by atomic mass is 19.2. The Morgan fingerprint density at radius 1 is 1.07 bits per heavy atom. The zero-order valence-corrected chi connectivity index (χ0v) is 15.9. The first-order valence-corrected chi connectivity index (χ1v) is 9.29. The Hall–Kier alpha value is -2.15. The molecule has 1 aromatic carbocycles. The molecule has 1 aliphatic rings. The van der Waals surface area contributed by atoms with Gasteiger partial charge in [0.2, 0.25) is 0 Å². The number of halogens is 4. The standard InChI is InChI=1S/C21H24F4O3/c1-3-4-5-6-10-13-28-21(20(26)27-2)18(24)16(22)15(17(23)19(21)25)14-11-8-7-9-12-14/h7-9,11-12,18H,3-6,10,13H2,1-2H3. The average molecular weight is 400 g/mol. The van der Waals surface area contributed by atoms with Gasteiger partial charge in [0.05, 0.1) is 12.7 Å².